The zero-order valence-corrected chi connectivity index (χ0v) is 8.69. The molecule has 1 aromatic carbocycles. The van der Waals surface area contributed by atoms with Crippen molar-refractivity contribution < 1.29 is 0 Å². The van der Waals surface area contributed by atoms with Gasteiger partial charge in [-0.1, -0.05) is 12.1 Å². The third kappa shape index (κ3) is 1.81. The Bertz CT molecular complexity index is 381. The highest BCUT2D eigenvalue weighted by atomic mass is 15.2. The van der Waals surface area contributed by atoms with Crippen LogP contribution in [0.4, 0.5) is 5.69 Å². The number of nitrogens with two attached hydrogens (primary N) is 1. The van der Waals surface area contributed by atoms with E-state index >= 15 is 0 Å². The van der Waals surface area contributed by atoms with Crippen LogP contribution in [0.5, 0.6) is 0 Å². The van der Waals surface area contributed by atoms with E-state index in [1.165, 1.54) is 6.42 Å². The van der Waals surface area contributed by atoms with Crippen molar-refractivity contribution in [3.8, 4) is 6.07 Å². The minimum Gasteiger partial charge on any atom is -0.366 e. The number of nitriles is 1. The third-order valence-corrected chi connectivity index (χ3v) is 2.98. The molecule has 0 saturated carbocycles. The van der Waals surface area contributed by atoms with E-state index in [-0.39, 0.29) is 0 Å². The maximum Gasteiger partial charge on any atom is 0.101 e. The number of benzene rings is 1. The highest BCUT2D eigenvalue weighted by Gasteiger charge is 2.24. The summed E-state index contributed by atoms with van der Waals surface area (Å²) < 4.78 is 0. The van der Waals surface area contributed by atoms with Gasteiger partial charge in [-0.3, -0.25) is 0 Å². The molecule has 1 aromatic rings. The molecule has 0 radical (unpaired) electrons. The van der Waals surface area contributed by atoms with Gasteiger partial charge in [0.25, 0.3) is 0 Å². The summed E-state index contributed by atoms with van der Waals surface area (Å²) in [5, 5.41) is 9.03. The van der Waals surface area contributed by atoms with Gasteiger partial charge < -0.3 is 10.6 Å². The summed E-state index contributed by atoms with van der Waals surface area (Å²) in [6.07, 6.45) is 2.30. The van der Waals surface area contributed by atoms with Crippen LogP contribution in [0.1, 0.15) is 18.4 Å². The maximum atomic E-state index is 9.03. The van der Waals surface area contributed by atoms with Crippen LogP contribution < -0.4 is 10.6 Å². The van der Waals surface area contributed by atoms with E-state index < -0.39 is 0 Å². The van der Waals surface area contributed by atoms with Gasteiger partial charge in [0.2, 0.25) is 0 Å². The molecule has 0 amide bonds. The lowest BCUT2D eigenvalue weighted by atomic mass is 10.1. The van der Waals surface area contributed by atoms with Gasteiger partial charge >= 0.3 is 0 Å². The monoisotopic (exact) mass is 201 g/mol. The summed E-state index contributed by atoms with van der Waals surface area (Å²) >= 11 is 0. The van der Waals surface area contributed by atoms with Gasteiger partial charge in [-0.15, -0.1) is 0 Å². The van der Waals surface area contributed by atoms with Crippen molar-refractivity contribution in [2.75, 3.05) is 18.0 Å². The van der Waals surface area contributed by atoms with Crippen molar-refractivity contribution in [3.63, 3.8) is 0 Å². The molecule has 1 heterocycles. The van der Waals surface area contributed by atoms with Crippen molar-refractivity contribution in [1.82, 2.24) is 0 Å². The molecule has 1 fully saturated rings. The first-order valence-electron chi connectivity index (χ1n) is 5.32. The lowest BCUT2D eigenvalue weighted by Crippen LogP contribution is -2.35. The standard InChI is InChI=1S/C12H15N3/c13-8-10-4-1-2-6-12(10)15-7-3-5-11(15)9-14/h1-2,4,6,11H,3,5,7,9,14H2. The average molecular weight is 201 g/mol. The van der Waals surface area contributed by atoms with Gasteiger partial charge in [0.05, 0.1) is 11.3 Å². The van der Waals surface area contributed by atoms with Gasteiger partial charge in [-0.2, -0.15) is 5.26 Å². The highest BCUT2D eigenvalue weighted by molar-refractivity contribution is 5.60. The molecular weight excluding hydrogens is 186 g/mol. The molecule has 0 bridgehead atoms. The Hall–Kier alpha value is -1.53. The van der Waals surface area contributed by atoms with E-state index in [1.807, 2.05) is 24.3 Å². The minimum atomic E-state index is 0.402. The molecule has 1 aliphatic heterocycles. The quantitative estimate of drug-likeness (QED) is 0.788. The molecule has 1 atom stereocenters. The molecule has 0 spiro atoms. The normalized spacial score (nSPS) is 20.3. The molecule has 3 heteroatoms. The summed E-state index contributed by atoms with van der Waals surface area (Å²) in [4.78, 5) is 2.26. The van der Waals surface area contributed by atoms with E-state index in [0.717, 1.165) is 24.2 Å². The molecule has 2 N–H and O–H groups in total. The average Bonchev–Trinajstić information content (AvgIpc) is 2.76. The molecule has 15 heavy (non-hydrogen) atoms. The van der Waals surface area contributed by atoms with Gasteiger partial charge in [-0.25, -0.2) is 0 Å². The summed E-state index contributed by atoms with van der Waals surface area (Å²) in [5.41, 5.74) is 7.51. The zero-order valence-electron chi connectivity index (χ0n) is 8.69. The summed E-state index contributed by atoms with van der Waals surface area (Å²) in [6, 6.07) is 10.4. The van der Waals surface area contributed by atoms with E-state index in [1.54, 1.807) is 0 Å². The van der Waals surface area contributed by atoms with Crippen LogP contribution in [-0.4, -0.2) is 19.1 Å². The summed E-state index contributed by atoms with van der Waals surface area (Å²) in [7, 11) is 0. The van der Waals surface area contributed by atoms with Crippen molar-refractivity contribution in [1.29, 1.82) is 5.26 Å². The van der Waals surface area contributed by atoms with Gasteiger partial charge in [-0.05, 0) is 25.0 Å². The van der Waals surface area contributed by atoms with Gasteiger partial charge in [0.15, 0.2) is 0 Å². The Balaban J connectivity index is 2.33. The fourth-order valence-corrected chi connectivity index (χ4v) is 2.22. The molecule has 3 nitrogen and oxygen atoms in total. The Morgan fingerprint density at radius 2 is 2.27 bits per heavy atom. The van der Waals surface area contributed by atoms with Gasteiger partial charge in [0.1, 0.15) is 6.07 Å². The molecule has 0 aliphatic carbocycles. The number of hydrogen-bond acceptors (Lipinski definition) is 3. The number of para-hydroxylation sites is 1. The Morgan fingerprint density at radius 1 is 1.47 bits per heavy atom. The van der Waals surface area contributed by atoms with Crippen molar-refractivity contribution in [2.45, 2.75) is 18.9 Å². The fraction of sp³-hybridized carbons (Fsp3) is 0.417. The number of nitrogens with zero attached hydrogens (tertiary/aromatic N) is 2. The van der Waals surface area contributed by atoms with Crippen LogP contribution >= 0.6 is 0 Å². The van der Waals surface area contributed by atoms with E-state index in [4.69, 9.17) is 11.0 Å². The van der Waals surface area contributed by atoms with Crippen molar-refractivity contribution >= 4 is 5.69 Å². The lowest BCUT2D eigenvalue weighted by Gasteiger charge is -2.26. The molecule has 78 valence electrons. The van der Waals surface area contributed by atoms with Crippen molar-refractivity contribution in [3.05, 3.63) is 29.8 Å². The van der Waals surface area contributed by atoms with E-state index in [0.29, 0.717) is 12.6 Å². The summed E-state index contributed by atoms with van der Waals surface area (Å²) in [5.74, 6) is 0. The van der Waals surface area contributed by atoms with E-state index in [2.05, 4.69) is 11.0 Å². The van der Waals surface area contributed by atoms with Crippen LogP contribution in [0.3, 0.4) is 0 Å². The van der Waals surface area contributed by atoms with Crippen LogP contribution in [0.2, 0.25) is 0 Å². The van der Waals surface area contributed by atoms with Crippen molar-refractivity contribution in [2.24, 2.45) is 5.73 Å². The second-order valence-corrected chi connectivity index (χ2v) is 3.85. The summed E-state index contributed by atoms with van der Waals surface area (Å²) in [6.45, 7) is 1.68. The molecule has 2 rings (SSSR count). The topological polar surface area (TPSA) is 53.0 Å². The number of hydrogen-bond donors (Lipinski definition) is 1. The second-order valence-electron chi connectivity index (χ2n) is 3.85. The Morgan fingerprint density at radius 3 is 3.00 bits per heavy atom. The smallest absolute Gasteiger partial charge is 0.101 e. The first-order chi connectivity index (χ1) is 7.36. The number of anilines is 1. The predicted molar refractivity (Wildman–Crippen MR) is 60.6 cm³/mol. The molecule has 1 saturated heterocycles. The first kappa shape index (κ1) is 10.0. The lowest BCUT2D eigenvalue weighted by molar-refractivity contribution is 0.677. The largest absolute Gasteiger partial charge is 0.366 e. The Labute approximate surface area is 90.1 Å². The first-order valence-corrected chi connectivity index (χ1v) is 5.32. The fourth-order valence-electron chi connectivity index (χ4n) is 2.22. The molecule has 1 unspecified atom stereocenters. The van der Waals surface area contributed by atoms with Gasteiger partial charge in [0, 0.05) is 19.1 Å². The predicted octanol–water partition coefficient (Wildman–Crippen LogP) is 1.49. The van der Waals surface area contributed by atoms with E-state index in [9.17, 15) is 0 Å². The van der Waals surface area contributed by atoms with Crippen LogP contribution in [0.25, 0.3) is 0 Å². The number of rotatable bonds is 2. The van der Waals surface area contributed by atoms with Crippen LogP contribution in [0, 0.1) is 11.3 Å². The zero-order chi connectivity index (χ0) is 10.7. The minimum absolute atomic E-state index is 0.402. The molecular formula is C12H15N3. The Kier molecular flexibility index (Phi) is 2.89. The van der Waals surface area contributed by atoms with Crippen LogP contribution in [-0.2, 0) is 0 Å². The molecule has 1 aliphatic rings. The third-order valence-electron chi connectivity index (χ3n) is 2.98. The SMILES string of the molecule is N#Cc1ccccc1N1CCCC1CN. The maximum absolute atomic E-state index is 9.03. The van der Waals surface area contributed by atoms with Crippen LogP contribution in [0.15, 0.2) is 24.3 Å². The highest BCUT2D eigenvalue weighted by Crippen LogP contribution is 2.27. The molecule has 0 aromatic heterocycles. The second kappa shape index (κ2) is 4.33.